The molecule has 4 nitrogen and oxygen atoms in total. The van der Waals surface area contributed by atoms with Crippen LogP contribution >= 0.6 is 24.4 Å². The maximum absolute atomic E-state index is 5.11. The van der Waals surface area contributed by atoms with Crippen LogP contribution in [0.2, 0.25) is 0 Å². The van der Waals surface area contributed by atoms with Crippen molar-refractivity contribution in [3.05, 3.63) is 35.9 Å². The van der Waals surface area contributed by atoms with Gasteiger partial charge in [-0.05, 0) is 43.8 Å². The van der Waals surface area contributed by atoms with Crippen molar-refractivity contribution >= 4 is 34.7 Å². The van der Waals surface area contributed by atoms with Crippen molar-refractivity contribution < 1.29 is 0 Å². The van der Waals surface area contributed by atoms with Gasteiger partial charge in [0.2, 0.25) is 0 Å². The minimum absolute atomic E-state index is 0.289. The van der Waals surface area contributed by atoms with Crippen LogP contribution in [-0.4, -0.2) is 16.3 Å². The van der Waals surface area contributed by atoms with Gasteiger partial charge in [-0.25, -0.2) is 0 Å². The minimum atomic E-state index is 0.289. The highest BCUT2D eigenvalue weighted by molar-refractivity contribution is 7.80. The van der Waals surface area contributed by atoms with Crippen LogP contribution in [0.25, 0.3) is 0 Å². The first-order chi connectivity index (χ1) is 8.58. The zero-order valence-electron chi connectivity index (χ0n) is 10.5. The first-order valence-electron chi connectivity index (χ1n) is 5.72. The van der Waals surface area contributed by atoms with Crippen molar-refractivity contribution in [3.8, 4) is 0 Å². The van der Waals surface area contributed by atoms with Gasteiger partial charge in [-0.2, -0.15) is 0 Å². The van der Waals surface area contributed by atoms with Crippen molar-refractivity contribution in [2.75, 3.05) is 0 Å². The first kappa shape index (κ1) is 14.7. The molecule has 0 aliphatic carbocycles. The second-order valence-corrected chi connectivity index (χ2v) is 4.86. The third-order valence-electron chi connectivity index (χ3n) is 2.01. The molecule has 0 fully saturated rings. The monoisotopic (exact) mass is 282 g/mol. The van der Waals surface area contributed by atoms with Crippen molar-refractivity contribution in [1.29, 1.82) is 0 Å². The molecule has 0 spiro atoms. The van der Waals surface area contributed by atoms with Crippen LogP contribution in [0.3, 0.4) is 0 Å². The summed E-state index contributed by atoms with van der Waals surface area (Å²) in [6.45, 7) is 4.71. The molecule has 1 aromatic carbocycles. The Bertz CT molecular complexity index is 392. The van der Waals surface area contributed by atoms with Crippen LogP contribution in [0, 0.1) is 0 Å². The summed E-state index contributed by atoms with van der Waals surface area (Å²) in [6, 6.07) is 10.3. The molecule has 98 valence electrons. The number of hydrogen-bond acceptors (Lipinski definition) is 2. The molecule has 0 aliphatic heterocycles. The summed E-state index contributed by atoms with van der Waals surface area (Å²) in [5.41, 5.74) is 6.81. The molecule has 4 N–H and O–H groups in total. The lowest BCUT2D eigenvalue weighted by atomic mass is 10.2. The number of thiocarbonyl (C=S) groups is 2. The minimum Gasteiger partial charge on any atom is -0.359 e. The van der Waals surface area contributed by atoms with E-state index < -0.39 is 0 Å². The van der Waals surface area contributed by atoms with Crippen LogP contribution < -0.4 is 21.5 Å². The SMILES string of the molecule is CC(C)NC(=S)NNC(=S)NCc1ccccc1. The Morgan fingerprint density at radius 1 is 1.06 bits per heavy atom. The number of rotatable bonds is 3. The number of hydrogen-bond donors (Lipinski definition) is 4. The predicted octanol–water partition coefficient (Wildman–Crippen LogP) is 1.44. The Kier molecular flexibility index (Phi) is 6.38. The third kappa shape index (κ3) is 6.36. The fraction of sp³-hybridized carbons (Fsp3) is 0.333. The standard InChI is InChI=1S/C12H18N4S2/c1-9(2)14-12(18)16-15-11(17)13-8-10-6-4-3-5-7-10/h3-7,9H,8H2,1-2H3,(H2,13,15,17)(H2,14,16,18). The molecule has 0 atom stereocenters. The van der Waals surface area contributed by atoms with Gasteiger partial charge in [-0.15, -0.1) is 0 Å². The van der Waals surface area contributed by atoms with E-state index in [-0.39, 0.29) is 6.04 Å². The fourth-order valence-electron chi connectivity index (χ4n) is 1.23. The molecular weight excluding hydrogens is 264 g/mol. The first-order valence-corrected chi connectivity index (χ1v) is 6.54. The Morgan fingerprint density at radius 3 is 2.28 bits per heavy atom. The van der Waals surface area contributed by atoms with E-state index in [2.05, 4.69) is 21.5 Å². The van der Waals surface area contributed by atoms with Crippen LogP contribution in [0.4, 0.5) is 0 Å². The van der Waals surface area contributed by atoms with E-state index in [1.807, 2.05) is 44.2 Å². The molecular formula is C12H18N4S2. The highest BCUT2D eigenvalue weighted by atomic mass is 32.1. The third-order valence-corrected chi connectivity index (χ3v) is 2.47. The van der Waals surface area contributed by atoms with Gasteiger partial charge in [0, 0.05) is 12.6 Å². The second kappa shape index (κ2) is 7.84. The molecule has 0 aliphatic rings. The number of nitrogens with one attached hydrogen (secondary N) is 4. The second-order valence-electron chi connectivity index (χ2n) is 4.05. The van der Waals surface area contributed by atoms with Crippen molar-refractivity contribution in [1.82, 2.24) is 21.5 Å². The summed E-state index contributed by atoms with van der Waals surface area (Å²) in [4.78, 5) is 0. The van der Waals surface area contributed by atoms with E-state index >= 15 is 0 Å². The zero-order valence-corrected chi connectivity index (χ0v) is 12.1. The molecule has 0 heterocycles. The normalized spacial score (nSPS) is 9.72. The maximum Gasteiger partial charge on any atom is 0.185 e. The number of hydrazine groups is 1. The summed E-state index contributed by atoms with van der Waals surface area (Å²) >= 11 is 10.2. The smallest absolute Gasteiger partial charge is 0.185 e. The average Bonchev–Trinajstić information content (AvgIpc) is 2.34. The molecule has 0 saturated heterocycles. The predicted molar refractivity (Wildman–Crippen MR) is 83.0 cm³/mol. The van der Waals surface area contributed by atoms with Crippen LogP contribution in [-0.2, 0) is 6.54 Å². The van der Waals surface area contributed by atoms with Gasteiger partial charge in [0.15, 0.2) is 10.2 Å². The molecule has 0 radical (unpaired) electrons. The van der Waals surface area contributed by atoms with Crippen molar-refractivity contribution in [2.24, 2.45) is 0 Å². The van der Waals surface area contributed by atoms with E-state index in [1.165, 1.54) is 5.56 Å². The largest absolute Gasteiger partial charge is 0.359 e. The van der Waals surface area contributed by atoms with Gasteiger partial charge in [0.05, 0.1) is 0 Å². The van der Waals surface area contributed by atoms with Crippen molar-refractivity contribution in [3.63, 3.8) is 0 Å². The molecule has 18 heavy (non-hydrogen) atoms. The van der Waals surface area contributed by atoms with Gasteiger partial charge in [0.1, 0.15) is 0 Å². The van der Waals surface area contributed by atoms with Gasteiger partial charge in [-0.1, -0.05) is 30.3 Å². The molecule has 0 saturated carbocycles. The lowest BCUT2D eigenvalue weighted by Gasteiger charge is -2.15. The van der Waals surface area contributed by atoms with E-state index in [0.717, 1.165) is 0 Å². The Hall–Kier alpha value is -1.40. The van der Waals surface area contributed by atoms with Gasteiger partial charge >= 0.3 is 0 Å². The molecule has 0 aromatic heterocycles. The van der Waals surface area contributed by atoms with Crippen LogP contribution in [0.5, 0.6) is 0 Å². The molecule has 0 bridgehead atoms. The average molecular weight is 282 g/mol. The van der Waals surface area contributed by atoms with Crippen LogP contribution in [0.1, 0.15) is 19.4 Å². The van der Waals surface area contributed by atoms with Crippen molar-refractivity contribution in [2.45, 2.75) is 26.4 Å². The summed E-state index contributed by atoms with van der Waals surface area (Å²) in [6.07, 6.45) is 0. The quantitative estimate of drug-likeness (QED) is 0.497. The zero-order chi connectivity index (χ0) is 13.4. The molecule has 1 rings (SSSR count). The topological polar surface area (TPSA) is 48.1 Å². The summed E-state index contributed by atoms with van der Waals surface area (Å²) in [5, 5.41) is 7.15. The highest BCUT2D eigenvalue weighted by Crippen LogP contribution is 1.96. The van der Waals surface area contributed by atoms with E-state index in [9.17, 15) is 0 Å². The van der Waals surface area contributed by atoms with Gasteiger partial charge in [0.25, 0.3) is 0 Å². The van der Waals surface area contributed by atoms with Gasteiger partial charge < -0.3 is 10.6 Å². The lowest BCUT2D eigenvalue weighted by molar-refractivity contribution is 0.699. The van der Waals surface area contributed by atoms with E-state index in [0.29, 0.717) is 16.8 Å². The Balaban J connectivity index is 2.20. The lowest BCUT2D eigenvalue weighted by Crippen LogP contribution is -2.51. The Morgan fingerprint density at radius 2 is 1.67 bits per heavy atom. The Labute approximate surface area is 119 Å². The summed E-state index contributed by atoms with van der Waals surface area (Å²) < 4.78 is 0. The van der Waals surface area contributed by atoms with Gasteiger partial charge in [-0.3, -0.25) is 10.9 Å². The van der Waals surface area contributed by atoms with E-state index in [1.54, 1.807) is 0 Å². The molecule has 1 aromatic rings. The molecule has 0 amide bonds. The molecule has 0 unspecified atom stereocenters. The number of benzene rings is 1. The van der Waals surface area contributed by atoms with E-state index in [4.69, 9.17) is 24.4 Å². The summed E-state index contributed by atoms with van der Waals surface area (Å²) in [5.74, 6) is 0. The summed E-state index contributed by atoms with van der Waals surface area (Å²) in [7, 11) is 0. The highest BCUT2D eigenvalue weighted by Gasteiger charge is 1.99. The molecule has 6 heteroatoms. The maximum atomic E-state index is 5.11. The van der Waals surface area contributed by atoms with Crippen LogP contribution in [0.15, 0.2) is 30.3 Å². The fourth-order valence-corrected chi connectivity index (χ4v) is 1.64.